The molecule has 0 N–H and O–H groups in total. The summed E-state index contributed by atoms with van der Waals surface area (Å²) >= 11 is 1.87. The van der Waals surface area contributed by atoms with Crippen LogP contribution in [0.5, 0.6) is 0 Å². The van der Waals surface area contributed by atoms with Crippen LogP contribution in [0, 0.1) is 0 Å². The first kappa shape index (κ1) is 24.6. The lowest BCUT2D eigenvalue weighted by Crippen LogP contribution is -2.11. The number of fused-ring (bicyclic) bond motifs is 4. The summed E-state index contributed by atoms with van der Waals surface area (Å²) in [6, 6.07) is 59.2. The number of para-hydroxylation sites is 1. The van der Waals surface area contributed by atoms with Crippen molar-refractivity contribution in [3.8, 4) is 22.3 Å². The molecule has 2 heteroatoms. The Labute approximate surface area is 249 Å². The van der Waals surface area contributed by atoms with Crippen molar-refractivity contribution < 1.29 is 0 Å². The van der Waals surface area contributed by atoms with Crippen molar-refractivity contribution in [3.63, 3.8) is 0 Å². The van der Waals surface area contributed by atoms with Crippen LogP contribution in [0.3, 0.4) is 0 Å². The zero-order valence-electron chi connectivity index (χ0n) is 22.9. The van der Waals surface area contributed by atoms with Gasteiger partial charge in [0.2, 0.25) is 0 Å². The van der Waals surface area contributed by atoms with Crippen LogP contribution in [0.15, 0.2) is 164 Å². The van der Waals surface area contributed by atoms with Crippen molar-refractivity contribution in [2.75, 3.05) is 4.90 Å². The maximum absolute atomic E-state index is 2.45. The van der Waals surface area contributed by atoms with Crippen LogP contribution in [0.2, 0.25) is 0 Å². The molecule has 7 aromatic carbocycles. The first-order valence-corrected chi connectivity index (χ1v) is 15.1. The molecule has 8 rings (SSSR count). The molecular formula is C40H27NS. The predicted molar refractivity (Wildman–Crippen MR) is 182 cm³/mol. The zero-order chi connectivity index (χ0) is 27.9. The van der Waals surface area contributed by atoms with Crippen LogP contribution < -0.4 is 4.90 Å². The second-order valence-electron chi connectivity index (χ2n) is 10.5. The van der Waals surface area contributed by atoms with Gasteiger partial charge in [0.05, 0.1) is 16.1 Å². The van der Waals surface area contributed by atoms with Crippen LogP contribution in [-0.4, -0.2) is 0 Å². The lowest BCUT2D eigenvalue weighted by molar-refractivity contribution is 1.30. The highest BCUT2D eigenvalue weighted by molar-refractivity contribution is 7.26. The van der Waals surface area contributed by atoms with E-state index < -0.39 is 0 Å². The van der Waals surface area contributed by atoms with Crippen molar-refractivity contribution in [3.05, 3.63) is 164 Å². The number of nitrogens with zero attached hydrogens (tertiary/aromatic N) is 1. The lowest BCUT2D eigenvalue weighted by Gasteiger charge is -2.29. The van der Waals surface area contributed by atoms with Gasteiger partial charge in [-0.1, -0.05) is 133 Å². The fraction of sp³-hybridized carbons (Fsp3) is 0. The van der Waals surface area contributed by atoms with Gasteiger partial charge in [0.1, 0.15) is 0 Å². The first-order valence-electron chi connectivity index (χ1n) is 14.3. The molecule has 0 amide bonds. The summed E-state index contributed by atoms with van der Waals surface area (Å²) in [7, 11) is 0. The van der Waals surface area contributed by atoms with E-state index in [1.54, 1.807) is 0 Å². The second-order valence-corrected chi connectivity index (χ2v) is 11.6. The van der Waals surface area contributed by atoms with Gasteiger partial charge in [0.15, 0.2) is 0 Å². The molecule has 0 atom stereocenters. The summed E-state index contributed by atoms with van der Waals surface area (Å²) in [6.45, 7) is 0. The summed E-state index contributed by atoms with van der Waals surface area (Å²) in [4.78, 5) is 2.45. The molecule has 0 spiro atoms. The summed E-state index contributed by atoms with van der Waals surface area (Å²) in [5, 5.41) is 5.11. The highest BCUT2D eigenvalue weighted by Gasteiger charge is 2.22. The molecule has 0 aliphatic rings. The van der Waals surface area contributed by atoms with Gasteiger partial charge in [-0.05, 0) is 57.8 Å². The third-order valence-electron chi connectivity index (χ3n) is 8.06. The van der Waals surface area contributed by atoms with E-state index in [2.05, 4.69) is 169 Å². The van der Waals surface area contributed by atoms with Crippen molar-refractivity contribution in [1.82, 2.24) is 0 Å². The molecule has 0 aliphatic heterocycles. The molecule has 1 heterocycles. The molecule has 0 bridgehead atoms. The van der Waals surface area contributed by atoms with Crippen molar-refractivity contribution in [2.45, 2.75) is 0 Å². The van der Waals surface area contributed by atoms with Crippen molar-refractivity contribution in [1.29, 1.82) is 0 Å². The highest BCUT2D eigenvalue weighted by Crippen LogP contribution is 2.48. The van der Waals surface area contributed by atoms with E-state index in [0.717, 1.165) is 11.4 Å². The minimum Gasteiger partial charge on any atom is -0.308 e. The average molecular weight is 554 g/mol. The number of thiophene rings is 1. The largest absolute Gasteiger partial charge is 0.308 e. The monoisotopic (exact) mass is 553 g/mol. The molecule has 198 valence electrons. The Bertz CT molecular complexity index is 2190. The Morgan fingerprint density at radius 1 is 0.405 bits per heavy atom. The van der Waals surface area contributed by atoms with E-state index in [-0.39, 0.29) is 0 Å². The Hall–Kier alpha value is -5.18. The standard InChI is InChI=1S/C40H27NS/c1-3-13-29(14-4-1)34-26-25-30(33-21-11-16-28-15-7-8-19-32(28)33)27-38(34)41(31-17-5-2-6-18-31)37-23-12-22-36-35-20-9-10-24-39(35)42-40(36)37/h1-27H. The molecule has 0 fully saturated rings. The maximum atomic E-state index is 2.45. The Kier molecular flexibility index (Phi) is 6.05. The van der Waals surface area contributed by atoms with E-state index in [9.17, 15) is 0 Å². The van der Waals surface area contributed by atoms with Crippen molar-refractivity contribution >= 4 is 59.3 Å². The summed E-state index contributed by atoms with van der Waals surface area (Å²) in [5.74, 6) is 0. The van der Waals surface area contributed by atoms with Gasteiger partial charge in [-0.15, -0.1) is 11.3 Å². The molecule has 0 aliphatic carbocycles. The molecule has 1 aromatic heterocycles. The fourth-order valence-electron chi connectivity index (χ4n) is 6.12. The second kappa shape index (κ2) is 10.3. The molecule has 0 radical (unpaired) electrons. The van der Waals surface area contributed by atoms with E-state index in [1.165, 1.54) is 58.9 Å². The third-order valence-corrected chi connectivity index (χ3v) is 9.27. The number of hydrogen-bond donors (Lipinski definition) is 0. The van der Waals surface area contributed by atoms with Crippen LogP contribution in [0.4, 0.5) is 17.1 Å². The van der Waals surface area contributed by atoms with Crippen LogP contribution in [0.25, 0.3) is 53.2 Å². The van der Waals surface area contributed by atoms with Crippen molar-refractivity contribution in [2.24, 2.45) is 0 Å². The Balaban J connectivity index is 1.45. The lowest BCUT2D eigenvalue weighted by atomic mass is 9.94. The summed E-state index contributed by atoms with van der Waals surface area (Å²) in [5.41, 5.74) is 8.31. The van der Waals surface area contributed by atoms with Gasteiger partial charge in [0.25, 0.3) is 0 Å². The van der Waals surface area contributed by atoms with E-state index >= 15 is 0 Å². The van der Waals surface area contributed by atoms with Crippen LogP contribution in [0.1, 0.15) is 0 Å². The molecule has 1 nitrogen and oxygen atoms in total. The van der Waals surface area contributed by atoms with Gasteiger partial charge in [0, 0.05) is 26.7 Å². The molecule has 0 unspecified atom stereocenters. The van der Waals surface area contributed by atoms with E-state index in [1.807, 2.05) is 11.3 Å². The van der Waals surface area contributed by atoms with E-state index in [0.29, 0.717) is 0 Å². The smallest absolute Gasteiger partial charge is 0.0640 e. The number of rotatable bonds is 5. The third kappa shape index (κ3) is 4.16. The minimum absolute atomic E-state index is 1.13. The molecule has 0 saturated heterocycles. The van der Waals surface area contributed by atoms with E-state index in [4.69, 9.17) is 0 Å². The van der Waals surface area contributed by atoms with Gasteiger partial charge in [-0.25, -0.2) is 0 Å². The topological polar surface area (TPSA) is 3.24 Å². The molecular weight excluding hydrogens is 527 g/mol. The normalized spacial score (nSPS) is 11.3. The number of anilines is 3. The molecule has 42 heavy (non-hydrogen) atoms. The van der Waals surface area contributed by atoms with Gasteiger partial charge >= 0.3 is 0 Å². The highest BCUT2D eigenvalue weighted by atomic mass is 32.1. The van der Waals surface area contributed by atoms with Crippen LogP contribution >= 0.6 is 11.3 Å². The van der Waals surface area contributed by atoms with Gasteiger partial charge in [-0.3, -0.25) is 0 Å². The average Bonchev–Trinajstić information content (AvgIpc) is 3.45. The minimum atomic E-state index is 1.13. The molecule has 8 aromatic rings. The summed E-state index contributed by atoms with van der Waals surface area (Å²) in [6.07, 6.45) is 0. The van der Waals surface area contributed by atoms with Gasteiger partial charge in [-0.2, -0.15) is 0 Å². The Morgan fingerprint density at radius 2 is 1.07 bits per heavy atom. The van der Waals surface area contributed by atoms with Gasteiger partial charge < -0.3 is 4.90 Å². The zero-order valence-corrected chi connectivity index (χ0v) is 23.8. The van der Waals surface area contributed by atoms with Crippen LogP contribution in [-0.2, 0) is 0 Å². The Morgan fingerprint density at radius 3 is 1.93 bits per heavy atom. The number of benzene rings is 7. The quantitative estimate of drug-likeness (QED) is 0.205. The predicted octanol–water partition coefficient (Wildman–Crippen LogP) is 12.0. The molecule has 0 saturated carbocycles. The number of hydrogen-bond acceptors (Lipinski definition) is 2. The SMILES string of the molecule is c1ccc(-c2ccc(-c3cccc4ccccc34)cc2N(c2ccccc2)c2cccc3c2sc2ccccc23)cc1. The first-order chi connectivity index (χ1) is 20.8. The fourth-order valence-corrected chi connectivity index (χ4v) is 7.32. The maximum Gasteiger partial charge on any atom is 0.0640 e. The summed E-state index contributed by atoms with van der Waals surface area (Å²) < 4.78 is 2.60.